The third kappa shape index (κ3) is 6.90. The normalized spacial score (nSPS) is 24.0. The average molecular weight is 395 g/mol. The summed E-state index contributed by atoms with van der Waals surface area (Å²) in [5.41, 5.74) is 0.853. The molecule has 1 N–H and O–H groups in total. The van der Waals surface area contributed by atoms with Crippen molar-refractivity contribution in [2.75, 3.05) is 6.26 Å². The third-order valence-electron chi connectivity index (χ3n) is 6.16. The zero-order valence-corrected chi connectivity index (χ0v) is 18.2. The molecule has 0 radical (unpaired) electrons. The van der Waals surface area contributed by atoms with Gasteiger partial charge in [-0.3, -0.25) is 0 Å². The first-order valence-corrected chi connectivity index (χ1v) is 12.8. The maximum absolute atomic E-state index is 11.5. The Morgan fingerprint density at radius 3 is 2.04 bits per heavy atom. The van der Waals surface area contributed by atoms with E-state index in [4.69, 9.17) is 0 Å². The Bertz CT molecular complexity index is 641. The molecule has 2 fully saturated rings. The molecule has 3 rings (SSSR count). The molecule has 0 aliphatic heterocycles. The van der Waals surface area contributed by atoms with Crippen LogP contribution in [0.2, 0.25) is 0 Å². The summed E-state index contributed by atoms with van der Waals surface area (Å²) >= 11 is 0. The van der Waals surface area contributed by atoms with E-state index in [-0.39, 0.29) is 0 Å². The Hall–Kier alpha value is -0.870. The number of rotatable bonds is 7. The van der Waals surface area contributed by atoms with Crippen molar-refractivity contribution in [1.29, 1.82) is 0 Å². The van der Waals surface area contributed by atoms with E-state index in [9.17, 15) is 13.5 Å². The van der Waals surface area contributed by atoms with Gasteiger partial charge in [-0.15, -0.1) is 0 Å². The van der Waals surface area contributed by atoms with E-state index < -0.39 is 15.9 Å². The lowest BCUT2D eigenvalue weighted by molar-refractivity contribution is 0.137. The van der Waals surface area contributed by atoms with E-state index in [1.54, 1.807) is 24.3 Å². The Balaban J connectivity index is 0.000000380. The van der Waals surface area contributed by atoms with Crippen molar-refractivity contribution in [2.45, 2.75) is 89.1 Å². The van der Waals surface area contributed by atoms with Crippen molar-refractivity contribution < 1.29 is 13.5 Å². The van der Waals surface area contributed by atoms with Crippen molar-refractivity contribution in [1.82, 2.24) is 0 Å². The molecule has 0 amide bonds. The first kappa shape index (κ1) is 22.4. The molecule has 0 heterocycles. The lowest BCUT2D eigenvalue weighted by Crippen LogP contribution is -2.12. The molecule has 3 atom stereocenters. The van der Waals surface area contributed by atoms with Gasteiger partial charge in [-0.05, 0) is 41.9 Å². The predicted molar refractivity (Wildman–Crippen MR) is 112 cm³/mol. The molecule has 0 aromatic heterocycles. The summed E-state index contributed by atoms with van der Waals surface area (Å²) < 4.78 is 22.9. The lowest BCUT2D eigenvalue weighted by Gasteiger charge is -2.22. The molecule has 27 heavy (non-hydrogen) atoms. The molecule has 4 heteroatoms. The molecule has 0 spiro atoms. The van der Waals surface area contributed by atoms with Crippen LogP contribution in [0.4, 0.5) is 0 Å². The largest absolute Gasteiger partial charge is 0.388 e. The van der Waals surface area contributed by atoms with Gasteiger partial charge in [-0.1, -0.05) is 83.8 Å². The number of sulfone groups is 1. The second-order valence-corrected chi connectivity index (χ2v) is 10.5. The molecule has 2 saturated carbocycles. The van der Waals surface area contributed by atoms with E-state index in [1.807, 2.05) is 0 Å². The zero-order valence-electron chi connectivity index (χ0n) is 17.4. The molecule has 3 unspecified atom stereocenters. The van der Waals surface area contributed by atoms with Crippen LogP contribution in [0.3, 0.4) is 0 Å². The zero-order chi connectivity index (χ0) is 19.9. The maximum Gasteiger partial charge on any atom is 0.175 e. The summed E-state index contributed by atoms with van der Waals surface area (Å²) in [6, 6.07) is 6.73. The van der Waals surface area contributed by atoms with Gasteiger partial charge in [0.25, 0.3) is 0 Å². The number of hydrogen-bond acceptors (Lipinski definition) is 3. The van der Waals surface area contributed by atoms with Crippen LogP contribution in [0, 0.1) is 17.8 Å². The van der Waals surface area contributed by atoms with Crippen molar-refractivity contribution in [3.8, 4) is 0 Å². The van der Waals surface area contributed by atoms with Crippen molar-refractivity contribution >= 4 is 9.84 Å². The lowest BCUT2D eigenvalue weighted by atomic mass is 9.84. The fourth-order valence-corrected chi connectivity index (χ4v) is 4.99. The highest BCUT2D eigenvalue weighted by Crippen LogP contribution is 2.54. The summed E-state index contributed by atoms with van der Waals surface area (Å²) in [6.07, 6.45) is 14.1. The highest BCUT2D eigenvalue weighted by Gasteiger charge is 2.47. The number of aliphatic hydroxyl groups is 1. The van der Waals surface area contributed by atoms with Gasteiger partial charge in [-0.2, -0.15) is 0 Å². The van der Waals surface area contributed by atoms with E-state index in [2.05, 4.69) is 13.8 Å². The second-order valence-electron chi connectivity index (χ2n) is 8.45. The molecular weight excluding hydrogens is 356 g/mol. The smallest absolute Gasteiger partial charge is 0.175 e. The Morgan fingerprint density at radius 2 is 1.56 bits per heavy atom. The number of unbranched alkanes of at least 4 members (excludes halogenated alkanes) is 3. The molecule has 1 aromatic carbocycles. The highest BCUT2D eigenvalue weighted by molar-refractivity contribution is 7.90. The molecule has 3 nitrogen and oxygen atoms in total. The van der Waals surface area contributed by atoms with Gasteiger partial charge < -0.3 is 5.11 Å². The van der Waals surface area contributed by atoms with Gasteiger partial charge in [-0.25, -0.2) is 8.42 Å². The molecule has 154 valence electrons. The van der Waals surface area contributed by atoms with Gasteiger partial charge in [0.2, 0.25) is 0 Å². The maximum atomic E-state index is 11.5. The molecule has 1 aromatic rings. The van der Waals surface area contributed by atoms with Crippen LogP contribution in [0.5, 0.6) is 0 Å². The first-order valence-electron chi connectivity index (χ1n) is 10.9. The van der Waals surface area contributed by atoms with Crippen LogP contribution < -0.4 is 0 Å². The van der Waals surface area contributed by atoms with E-state index in [0.717, 1.165) is 17.9 Å². The quantitative estimate of drug-likeness (QED) is 0.583. The average Bonchev–Trinajstić information content (AvgIpc) is 3.47. The van der Waals surface area contributed by atoms with Crippen molar-refractivity contribution in [3.05, 3.63) is 29.8 Å². The minimum Gasteiger partial charge on any atom is -0.388 e. The number of benzene rings is 1. The summed E-state index contributed by atoms with van der Waals surface area (Å²) in [6.45, 7) is 4.46. The molecule has 2 aliphatic carbocycles. The predicted octanol–water partition coefficient (Wildman–Crippen LogP) is 5.93. The topological polar surface area (TPSA) is 54.4 Å². The monoisotopic (exact) mass is 394 g/mol. The Kier molecular flexibility index (Phi) is 8.81. The van der Waals surface area contributed by atoms with Crippen LogP contribution in [0.25, 0.3) is 0 Å². The van der Waals surface area contributed by atoms with Crippen LogP contribution >= 0.6 is 0 Å². The van der Waals surface area contributed by atoms with Gasteiger partial charge in [0.1, 0.15) is 0 Å². The van der Waals surface area contributed by atoms with E-state index in [1.165, 1.54) is 64.0 Å². The molecule has 0 saturated heterocycles. The minimum absolute atomic E-state index is 0.318. The van der Waals surface area contributed by atoms with E-state index >= 15 is 0 Å². The summed E-state index contributed by atoms with van der Waals surface area (Å²) in [5.74, 6) is 1.85. The second kappa shape index (κ2) is 10.6. The minimum atomic E-state index is -3.16. The van der Waals surface area contributed by atoms with Crippen LogP contribution in [-0.2, 0) is 9.84 Å². The fourth-order valence-electron chi connectivity index (χ4n) is 4.36. The summed E-state index contributed by atoms with van der Waals surface area (Å²) in [4.78, 5) is 0.318. The summed E-state index contributed by atoms with van der Waals surface area (Å²) in [7, 11) is -3.16. The molecule has 0 bridgehead atoms. The standard InChI is InChI=1S/C17H24O3S.C6H14/c1-21(19,20)14-9-7-13(8-10-14)17(18)16-11-15(16)12-5-3-2-4-6-12;1-3-5-6-4-2/h7-10,12,15-18H,2-6,11H2,1H3;3-6H2,1-2H3. The fraction of sp³-hybridized carbons (Fsp3) is 0.739. The SMILES string of the molecule is CCCCCC.CS(=O)(=O)c1ccc(C(O)C2CC2C2CCCCC2)cc1. The Morgan fingerprint density at radius 1 is 1.00 bits per heavy atom. The third-order valence-corrected chi connectivity index (χ3v) is 7.29. The van der Waals surface area contributed by atoms with Crippen LogP contribution in [-0.4, -0.2) is 19.8 Å². The summed E-state index contributed by atoms with van der Waals surface area (Å²) in [5, 5.41) is 10.5. The van der Waals surface area contributed by atoms with Crippen molar-refractivity contribution in [3.63, 3.8) is 0 Å². The van der Waals surface area contributed by atoms with Gasteiger partial charge in [0.05, 0.1) is 11.0 Å². The molecular formula is C23H38O3S. The van der Waals surface area contributed by atoms with E-state index in [0.29, 0.717) is 16.7 Å². The Labute approximate surface area is 166 Å². The van der Waals surface area contributed by atoms with Gasteiger partial charge >= 0.3 is 0 Å². The van der Waals surface area contributed by atoms with Gasteiger partial charge in [0.15, 0.2) is 9.84 Å². The van der Waals surface area contributed by atoms with Gasteiger partial charge in [0, 0.05) is 6.26 Å². The molecule has 2 aliphatic rings. The number of aliphatic hydroxyl groups excluding tert-OH is 1. The van der Waals surface area contributed by atoms with Crippen LogP contribution in [0.1, 0.15) is 89.7 Å². The van der Waals surface area contributed by atoms with Crippen molar-refractivity contribution in [2.24, 2.45) is 17.8 Å². The highest BCUT2D eigenvalue weighted by atomic mass is 32.2. The first-order chi connectivity index (χ1) is 12.9. The van der Waals surface area contributed by atoms with Crippen LogP contribution in [0.15, 0.2) is 29.2 Å². The number of hydrogen-bond donors (Lipinski definition) is 1.